The van der Waals surface area contributed by atoms with Crippen molar-refractivity contribution < 1.29 is 0 Å². The van der Waals surface area contributed by atoms with Crippen molar-refractivity contribution in [3.63, 3.8) is 0 Å². The second kappa shape index (κ2) is 3.44. The second-order valence-electron chi connectivity index (χ2n) is 4.90. The summed E-state index contributed by atoms with van der Waals surface area (Å²) >= 11 is 0. The molecule has 0 saturated carbocycles. The summed E-state index contributed by atoms with van der Waals surface area (Å²) in [5.41, 5.74) is 5.50. The number of rotatable bonds is 0. The standard InChI is InChI=1S/C14H15N3/c1-2-4-11-10(3-1)5-7-17-8-6-12-13(14(11)17)16-9-15-12/h1-4,9,14H,5-8H2,(H,15,16). The van der Waals surface area contributed by atoms with Gasteiger partial charge >= 0.3 is 0 Å². The van der Waals surface area contributed by atoms with Crippen LogP contribution < -0.4 is 0 Å². The Labute approximate surface area is 100 Å². The molecule has 0 amide bonds. The van der Waals surface area contributed by atoms with Gasteiger partial charge in [-0.3, -0.25) is 4.90 Å². The molecule has 0 spiro atoms. The second-order valence-corrected chi connectivity index (χ2v) is 4.90. The zero-order chi connectivity index (χ0) is 11.2. The normalized spacial score (nSPS) is 22.7. The highest BCUT2D eigenvalue weighted by Crippen LogP contribution is 2.37. The number of hydrogen-bond donors (Lipinski definition) is 1. The van der Waals surface area contributed by atoms with Gasteiger partial charge in [0, 0.05) is 25.2 Å². The van der Waals surface area contributed by atoms with Crippen LogP contribution in [0.5, 0.6) is 0 Å². The van der Waals surface area contributed by atoms with Gasteiger partial charge in [0.2, 0.25) is 0 Å². The van der Waals surface area contributed by atoms with Gasteiger partial charge in [-0.2, -0.15) is 0 Å². The molecular formula is C14H15N3. The van der Waals surface area contributed by atoms with Crippen LogP contribution in [0.25, 0.3) is 0 Å². The lowest BCUT2D eigenvalue weighted by molar-refractivity contribution is 0.198. The van der Waals surface area contributed by atoms with Crippen LogP contribution in [0, 0.1) is 0 Å². The molecule has 1 atom stereocenters. The van der Waals surface area contributed by atoms with Crippen molar-refractivity contribution in [1.29, 1.82) is 0 Å². The molecule has 0 fully saturated rings. The van der Waals surface area contributed by atoms with Crippen molar-refractivity contribution in [2.24, 2.45) is 0 Å². The van der Waals surface area contributed by atoms with Gasteiger partial charge in [-0.25, -0.2) is 4.98 Å². The predicted octanol–water partition coefficient (Wildman–Crippen LogP) is 1.91. The highest BCUT2D eigenvalue weighted by Gasteiger charge is 2.34. The number of aromatic amines is 1. The summed E-state index contributed by atoms with van der Waals surface area (Å²) in [6, 6.07) is 9.19. The van der Waals surface area contributed by atoms with E-state index in [1.54, 1.807) is 0 Å². The Hall–Kier alpha value is -1.61. The van der Waals surface area contributed by atoms with E-state index in [9.17, 15) is 0 Å². The first kappa shape index (κ1) is 9.42. The molecule has 1 N–H and O–H groups in total. The van der Waals surface area contributed by atoms with Gasteiger partial charge in [-0.05, 0) is 17.5 Å². The first-order valence-electron chi connectivity index (χ1n) is 6.27. The maximum Gasteiger partial charge on any atom is 0.0926 e. The van der Waals surface area contributed by atoms with E-state index in [-0.39, 0.29) is 0 Å². The van der Waals surface area contributed by atoms with Crippen molar-refractivity contribution in [3.05, 3.63) is 53.1 Å². The number of benzene rings is 1. The van der Waals surface area contributed by atoms with E-state index in [0.29, 0.717) is 6.04 Å². The number of nitrogens with zero attached hydrogens (tertiary/aromatic N) is 2. The molecule has 0 aliphatic carbocycles. The smallest absolute Gasteiger partial charge is 0.0926 e. The Morgan fingerprint density at radius 3 is 3.06 bits per heavy atom. The fraction of sp³-hybridized carbons (Fsp3) is 0.357. The SMILES string of the molecule is c1ccc2c(c1)CCN1CCc3[nH]cnc3C21. The molecule has 2 aliphatic rings. The lowest BCUT2D eigenvalue weighted by atomic mass is 9.87. The van der Waals surface area contributed by atoms with Crippen LogP contribution in [-0.4, -0.2) is 28.0 Å². The lowest BCUT2D eigenvalue weighted by Crippen LogP contribution is -2.40. The van der Waals surface area contributed by atoms with E-state index < -0.39 is 0 Å². The zero-order valence-corrected chi connectivity index (χ0v) is 9.69. The number of H-pyrrole nitrogens is 1. The summed E-state index contributed by atoms with van der Waals surface area (Å²) in [7, 11) is 0. The Kier molecular flexibility index (Phi) is 1.91. The maximum atomic E-state index is 4.54. The van der Waals surface area contributed by atoms with Gasteiger partial charge < -0.3 is 4.98 Å². The third-order valence-corrected chi connectivity index (χ3v) is 4.04. The summed E-state index contributed by atoms with van der Waals surface area (Å²) in [5, 5.41) is 0. The lowest BCUT2D eigenvalue weighted by Gasteiger charge is -2.39. The van der Waals surface area contributed by atoms with Gasteiger partial charge in [0.05, 0.1) is 18.1 Å². The van der Waals surface area contributed by atoms with Crippen LogP contribution in [0.15, 0.2) is 30.6 Å². The third kappa shape index (κ3) is 1.29. The van der Waals surface area contributed by atoms with Crippen molar-refractivity contribution >= 4 is 0 Å². The number of imidazole rings is 1. The van der Waals surface area contributed by atoms with E-state index in [1.165, 1.54) is 28.9 Å². The Bertz CT molecular complexity index is 558. The fourth-order valence-electron chi connectivity index (χ4n) is 3.20. The quantitative estimate of drug-likeness (QED) is 0.742. The first-order chi connectivity index (χ1) is 8.43. The van der Waals surface area contributed by atoms with Crippen molar-refractivity contribution in [3.8, 4) is 0 Å². The molecule has 2 aliphatic heterocycles. The summed E-state index contributed by atoms with van der Waals surface area (Å²) in [5.74, 6) is 0. The van der Waals surface area contributed by atoms with Gasteiger partial charge in [-0.1, -0.05) is 24.3 Å². The molecular weight excluding hydrogens is 210 g/mol. The highest BCUT2D eigenvalue weighted by molar-refractivity contribution is 5.40. The predicted molar refractivity (Wildman–Crippen MR) is 65.9 cm³/mol. The molecule has 1 unspecified atom stereocenters. The van der Waals surface area contributed by atoms with Crippen LogP contribution in [0.3, 0.4) is 0 Å². The summed E-state index contributed by atoms with van der Waals surface area (Å²) in [6.07, 6.45) is 4.12. The van der Waals surface area contributed by atoms with E-state index in [0.717, 1.165) is 19.5 Å². The fourth-order valence-corrected chi connectivity index (χ4v) is 3.20. The number of hydrogen-bond acceptors (Lipinski definition) is 2. The average molecular weight is 225 g/mol. The van der Waals surface area contributed by atoms with E-state index >= 15 is 0 Å². The molecule has 3 heteroatoms. The zero-order valence-electron chi connectivity index (χ0n) is 9.69. The Morgan fingerprint density at radius 1 is 1.18 bits per heavy atom. The monoisotopic (exact) mass is 225 g/mol. The maximum absolute atomic E-state index is 4.54. The minimum absolute atomic E-state index is 0.384. The average Bonchev–Trinajstić information content (AvgIpc) is 2.86. The van der Waals surface area contributed by atoms with Crippen LogP contribution in [-0.2, 0) is 12.8 Å². The summed E-state index contributed by atoms with van der Waals surface area (Å²) < 4.78 is 0. The highest BCUT2D eigenvalue weighted by atomic mass is 15.2. The van der Waals surface area contributed by atoms with E-state index in [2.05, 4.69) is 39.1 Å². The molecule has 1 aromatic carbocycles. The Morgan fingerprint density at radius 2 is 2.06 bits per heavy atom. The van der Waals surface area contributed by atoms with Gasteiger partial charge in [0.1, 0.15) is 0 Å². The first-order valence-corrected chi connectivity index (χ1v) is 6.27. The van der Waals surface area contributed by atoms with E-state index in [4.69, 9.17) is 0 Å². The molecule has 17 heavy (non-hydrogen) atoms. The molecule has 4 rings (SSSR count). The molecule has 0 radical (unpaired) electrons. The van der Waals surface area contributed by atoms with Gasteiger partial charge in [0.25, 0.3) is 0 Å². The molecule has 86 valence electrons. The minimum atomic E-state index is 0.384. The molecule has 3 nitrogen and oxygen atoms in total. The molecule has 0 saturated heterocycles. The van der Waals surface area contributed by atoms with Gasteiger partial charge in [-0.15, -0.1) is 0 Å². The largest absolute Gasteiger partial charge is 0.348 e. The number of nitrogens with one attached hydrogen (secondary N) is 1. The van der Waals surface area contributed by atoms with Crippen LogP contribution >= 0.6 is 0 Å². The van der Waals surface area contributed by atoms with Crippen LogP contribution in [0.1, 0.15) is 28.6 Å². The topological polar surface area (TPSA) is 31.9 Å². The van der Waals surface area contributed by atoms with Crippen molar-refractivity contribution in [2.45, 2.75) is 18.9 Å². The van der Waals surface area contributed by atoms with E-state index in [1.807, 2.05) is 6.33 Å². The van der Waals surface area contributed by atoms with Crippen LogP contribution in [0.4, 0.5) is 0 Å². The molecule has 2 aromatic rings. The Balaban J connectivity index is 1.91. The molecule has 1 aromatic heterocycles. The minimum Gasteiger partial charge on any atom is -0.348 e. The number of aromatic nitrogens is 2. The molecule has 3 heterocycles. The third-order valence-electron chi connectivity index (χ3n) is 4.04. The molecule has 0 bridgehead atoms. The van der Waals surface area contributed by atoms with Gasteiger partial charge in [0.15, 0.2) is 0 Å². The van der Waals surface area contributed by atoms with Crippen molar-refractivity contribution in [1.82, 2.24) is 14.9 Å². The summed E-state index contributed by atoms with van der Waals surface area (Å²) in [4.78, 5) is 10.4. The summed E-state index contributed by atoms with van der Waals surface area (Å²) in [6.45, 7) is 2.31. The van der Waals surface area contributed by atoms with Crippen molar-refractivity contribution in [2.75, 3.05) is 13.1 Å². The number of fused-ring (bicyclic) bond motifs is 5. The van der Waals surface area contributed by atoms with Crippen LogP contribution in [0.2, 0.25) is 0 Å².